The summed E-state index contributed by atoms with van der Waals surface area (Å²) < 4.78 is 5.21. The van der Waals surface area contributed by atoms with Crippen molar-refractivity contribution >= 4 is 11.7 Å². The zero-order valence-electron chi connectivity index (χ0n) is 12.3. The SMILES string of the molecule is O=C(NCc1ccncc1)c1cnc(NCc2ccco2)cn1. The van der Waals surface area contributed by atoms with Gasteiger partial charge in [0, 0.05) is 18.9 Å². The molecule has 3 aromatic heterocycles. The number of nitrogens with zero attached hydrogens (tertiary/aromatic N) is 3. The van der Waals surface area contributed by atoms with E-state index in [2.05, 4.69) is 25.6 Å². The maximum absolute atomic E-state index is 12.0. The molecule has 0 fully saturated rings. The van der Waals surface area contributed by atoms with Gasteiger partial charge < -0.3 is 15.1 Å². The van der Waals surface area contributed by atoms with E-state index in [0.717, 1.165) is 11.3 Å². The molecule has 1 amide bonds. The Hall–Kier alpha value is -3.22. The minimum absolute atomic E-state index is 0.266. The first-order valence-electron chi connectivity index (χ1n) is 7.06. The molecule has 0 spiro atoms. The zero-order valence-corrected chi connectivity index (χ0v) is 12.3. The molecule has 0 saturated heterocycles. The van der Waals surface area contributed by atoms with Crippen molar-refractivity contribution in [3.05, 3.63) is 72.3 Å². The van der Waals surface area contributed by atoms with E-state index in [1.165, 1.54) is 12.4 Å². The molecule has 0 aliphatic carbocycles. The highest BCUT2D eigenvalue weighted by atomic mass is 16.3. The lowest BCUT2D eigenvalue weighted by atomic mass is 10.2. The lowest BCUT2D eigenvalue weighted by Crippen LogP contribution is -2.24. The van der Waals surface area contributed by atoms with Crippen LogP contribution in [0.15, 0.2) is 59.7 Å². The third-order valence-electron chi connectivity index (χ3n) is 3.11. The smallest absolute Gasteiger partial charge is 0.271 e. The van der Waals surface area contributed by atoms with E-state index in [0.29, 0.717) is 18.9 Å². The Morgan fingerprint density at radius 2 is 1.96 bits per heavy atom. The molecule has 116 valence electrons. The van der Waals surface area contributed by atoms with Crippen molar-refractivity contribution in [1.29, 1.82) is 0 Å². The molecule has 0 aromatic carbocycles. The molecular weight excluding hydrogens is 294 g/mol. The Morgan fingerprint density at radius 1 is 1.09 bits per heavy atom. The van der Waals surface area contributed by atoms with Gasteiger partial charge in [0.25, 0.3) is 5.91 Å². The van der Waals surface area contributed by atoms with Gasteiger partial charge in [0.05, 0.1) is 25.2 Å². The van der Waals surface area contributed by atoms with Gasteiger partial charge in [-0.2, -0.15) is 0 Å². The lowest BCUT2D eigenvalue weighted by molar-refractivity contribution is 0.0945. The summed E-state index contributed by atoms with van der Waals surface area (Å²) in [5, 5.41) is 5.85. The van der Waals surface area contributed by atoms with E-state index in [1.54, 1.807) is 18.7 Å². The largest absolute Gasteiger partial charge is 0.467 e. The molecular formula is C16H15N5O2. The lowest BCUT2D eigenvalue weighted by Gasteiger charge is -2.06. The fraction of sp³-hybridized carbons (Fsp3) is 0.125. The molecule has 2 N–H and O–H groups in total. The molecule has 23 heavy (non-hydrogen) atoms. The van der Waals surface area contributed by atoms with Crippen molar-refractivity contribution in [3.63, 3.8) is 0 Å². The standard InChI is InChI=1S/C16H15N5O2/c22-16(21-8-12-3-5-17-6-4-12)14-10-20-15(11-18-14)19-9-13-2-1-7-23-13/h1-7,10-11H,8-9H2,(H,19,20)(H,21,22). The third-order valence-corrected chi connectivity index (χ3v) is 3.11. The molecule has 0 atom stereocenters. The Bertz CT molecular complexity index is 742. The zero-order chi connectivity index (χ0) is 15.9. The average molecular weight is 309 g/mol. The Kier molecular flexibility index (Phi) is 4.58. The highest BCUT2D eigenvalue weighted by molar-refractivity contribution is 5.91. The second kappa shape index (κ2) is 7.17. The first-order valence-corrected chi connectivity index (χ1v) is 7.06. The number of rotatable bonds is 6. The number of aromatic nitrogens is 3. The number of hydrogen-bond acceptors (Lipinski definition) is 6. The predicted octanol–water partition coefficient (Wildman–Crippen LogP) is 2.01. The van der Waals surface area contributed by atoms with Gasteiger partial charge in [0.2, 0.25) is 0 Å². The molecule has 0 unspecified atom stereocenters. The summed E-state index contributed by atoms with van der Waals surface area (Å²) in [5.41, 5.74) is 1.24. The number of nitrogens with one attached hydrogen (secondary N) is 2. The fourth-order valence-corrected chi connectivity index (χ4v) is 1.90. The van der Waals surface area contributed by atoms with Crippen LogP contribution < -0.4 is 10.6 Å². The quantitative estimate of drug-likeness (QED) is 0.723. The van der Waals surface area contributed by atoms with Crippen LogP contribution in [0.25, 0.3) is 0 Å². The molecule has 0 aliphatic rings. The number of anilines is 1. The monoisotopic (exact) mass is 309 g/mol. The molecule has 0 saturated carbocycles. The van der Waals surface area contributed by atoms with Crippen molar-refractivity contribution < 1.29 is 9.21 Å². The van der Waals surface area contributed by atoms with Crippen LogP contribution in [0.1, 0.15) is 21.8 Å². The number of carbonyl (C=O) groups is 1. The summed E-state index contributed by atoms with van der Waals surface area (Å²) in [5.74, 6) is 1.10. The van der Waals surface area contributed by atoms with Gasteiger partial charge in [-0.3, -0.25) is 9.78 Å². The molecule has 3 rings (SSSR count). The van der Waals surface area contributed by atoms with Gasteiger partial charge in [-0.25, -0.2) is 9.97 Å². The Labute approximate surface area is 132 Å². The first-order chi connectivity index (χ1) is 11.3. The van der Waals surface area contributed by atoms with E-state index in [4.69, 9.17) is 4.42 Å². The summed E-state index contributed by atoms with van der Waals surface area (Å²) in [6.07, 6.45) is 7.93. The van der Waals surface area contributed by atoms with E-state index in [9.17, 15) is 4.79 Å². The van der Waals surface area contributed by atoms with Crippen molar-refractivity contribution in [2.45, 2.75) is 13.1 Å². The van der Waals surface area contributed by atoms with Gasteiger partial charge in [-0.15, -0.1) is 0 Å². The van der Waals surface area contributed by atoms with E-state index in [1.807, 2.05) is 24.3 Å². The van der Waals surface area contributed by atoms with Gasteiger partial charge >= 0.3 is 0 Å². The predicted molar refractivity (Wildman–Crippen MR) is 83.5 cm³/mol. The Balaban J connectivity index is 1.53. The van der Waals surface area contributed by atoms with E-state index in [-0.39, 0.29) is 11.6 Å². The van der Waals surface area contributed by atoms with Gasteiger partial charge in [0.15, 0.2) is 0 Å². The fourth-order valence-electron chi connectivity index (χ4n) is 1.90. The van der Waals surface area contributed by atoms with Gasteiger partial charge in [-0.1, -0.05) is 0 Å². The molecule has 0 bridgehead atoms. The minimum Gasteiger partial charge on any atom is -0.467 e. The molecule has 0 radical (unpaired) electrons. The first kappa shape index (κ1) is 14.7. The van der Waals surface area contributed by atoms with Crippen molar-refractivity contribution in [1.82, 2.24) is 20.3 Å². The van der Waals surface area contributed by atoms with Gasteiger partial charge in [0.1, 0.15) is 17.3 Å². The van der Waals surface area contributed by atoms with Crippen LogP contribution in [0.4, 0.5) is 5.82 Å². The van der Waals surface area contributed by atoms with Crippen LogP contribution in [0.2, 0.25) is 0 Å². The molecule has 7 heteroatoms. The number of amides is 1. The number of pyridine rings is 1. The van der Waals surface area contributed by atoms with Crippen LogP contribution in [0, 0.1) is 0 Å². The topological polar surface area (TPSA) is 92.9 Å². The molecule has 0 aliphatic heterocycles. The second-order valence-electron chi connectivity index (χ2n) is 4.76. The van der Waals surface area contributed by atoms with Crippen LogP contribution in [-0.4, -0.2) is 20.9 Å². The van der Waals surface area contributed by atoms with Crippen molar-refractivity contribution in [2.75, 3.05) is 5.32 Å². The summed E-state index contributed by atoms with van der Waals surface area (Å²) in [4.78, 5) is 24.2. The minimum atomic E-state index is -0.271. The third kappa shape index (κ3) is 4.13. The molecule has 7 nitrogen and oxygen atoms in total. The van der Waals surface area contributed by atoms with Gasteiger partial charge in [-0.05, 0) is 29.8 Å². The normalized spacial score (nSPS) is 10.3. The summed E-state index contributed by atoms with van der Waals surface area (Å²) in [7, 11) is 0. The van der Waals surface area contributed by atoms with E-state index < -0.39 is 0 Å². The van der Waals surface area contributed by atoms with Crippen LogP contribution in [0.3, 0.4) is 0 Å². The Morgan fingerprint density at radius 3 is 2.65 bits per heavy atom. The summed E-state index contributed by atoms with van der Waals surface area (Å²) in [6, 6.07) is 7.36. The van der Waals surface area contributed by atoms with Crippen molar-refractivity contribution in [2.24, 2.45) is 0 Å². The summed E-state index contributed by atoms with van der Waals surface area (Å²) in [6.45, 7) is 0.927. The number of carbonyl (C=O) groups excluding carboxylic acids is 1. The molecule has 3 aromatic rings. The van der Waals surface area contributed by atoms with Crippen LogP contribution in [-0.2, 0) is 13.1 Å². The maximum Gasteiger partial charge on any atom is 0.271 e. The maximum atomic E-state index is 12.0. The second-order valence-corrected chi connectivity index (χ2v) is 4.76. The highest BCUT2D eigenvalue weighted by Crippen LogP contribution is 2.06. The van der Waals surface area contributed by atoms with Crippen molar-refractivity contribution in [3.8, 4) is 0 Å². The number of hydrogen-bond donors (Lipinski definition) is 2. The van der Waals surface area contributed by atoms with Crippen LogP contribution >= 0.6 is 0 Å². The number of furan rings is 1. The van der Waals surface area contributed by atoms with Crippen LogP contribution in [0.5, 0.6) is 0 Å². The van der Waals surface area contributed by atoms with E-state index >= 15 is 0 Å². The summed E-state index contributed by atoms with van der Waals surface area (Å²) >= 11 is 0. The average Bonchev–Trinajstić information content (AvgIpc) is 3.13. The molecule has 3 heterocycles. The highest BCUT2D eigenvalue weighted by Gasteiger charge is 2.08.